The standard InChI is InChI=1S/C7H10F3N3O2/c8-7(9,10)2-1-5-12-6(15-13-5)4(11)3-14/h4,14H,1-3,11H2. The van der Waals surface area contributed by atoms with Gasteiger partial charge in [0.15, 0.2) is 5.82 Å². The Hall–Kier alpha value is -1.15. The number of nitrogens with two attached hydrogens (primary N) is 1. The van der Waals surface area contributed by atoms with Gasteiger partial charge in [0.2, 0.25) is 5.89 Å². The molecule has 0 aliphatic heterocycles. The summed E-state index contributed by atoms with van der Waals surface area (Å²) in [5.74, 6) is -0.124. The molecule has 86 valence electrons. The maximum absolute atomic E-state index is 11.8. The van der Waals surface area contributed by atoms with Gasteiger partial charge < -0.3 is 15.4 Å². The second kappa shape index (κ2) is 4.58. The van der Waals surface area contributed by atoms with Crippen LogP contribution in [0, 0.1) is 0 Å². The van der Waals surface area contributed by atoms with Gasteiger partial charge in [0.05, 0.1) is 13.0 Å². The van der Waals surface area contributed by atoms with Crippen LogP contribution in [-0.4, -0.2) is 28.0 Å². The first-order valence-electron chi connectivity index (χ1n) is 4.18. The molecule has 0 aromatic carbocycles. The number of alkyl halides is 3. The third-order valence-corrected chi connectivity index (χ3v) is 1.63. The molecule has 1 aromatic rings. The molecule has 8 heteroatoms. The minimum Gasteiger partial charge on any atom is -0.394 e. The molecule has 5 nitrogen and oxygen atoms in total. The van der Waals surface area contributed by atoms with E-state index in [0.717, 1.165) is 0 Å². The number of aryl methyl sites for hydroxylation is 1. The number of hydrogen-bond donors (Lipinski definition) is 2. The molecule has 0 saturated carbocycles. The zero-order valence-corrected chi connectivity index (χ0v) is 7.66. The molecule has 3 N–H and O–H groups in total. The van der Waals surface area contributed by atoms with Crippen LogP contribution in [0.25, 0.3) is 0 Å². The molecule has 15 heavy (non-hydrogen) atoms. The highest BCUT2D eigenvalue weighted by molar-refractivity contribution is 4.92. The van der Waals surface area contributed by atoms with Crippen LogP contribution >= 0.6 is 0 Å². The summed E-state index contributed by atoms with van der Waals surface area (Å²) in [5.41, 5.74) is 5.32. The van der Waals surface area contributed by atoms with Crippen molar-refractivity contribution in [1.82, 2.24) is 10.1 Å². The molecule has 0 radical (unpaired) electrons. The van der Waals surface area contributed by atoms with Crippen molar-refractivity contribution in [2.24, 2.45) is 5.73 Å². The van der Waals surface area contributed by atoms with Gasteiger partial charge in [0, 0.05) is 6.42 Å². The third-order valence-electron chi connectivity index (χ3n) is 1.63. The Balaban J connectivity index is 2.53. The summed E-state index contributed by atoms with van der Waals surface area (Å²) in [4.78, 5) is 3.62. The molecule has 0 amide bonds. The van der Waals surface area contributed by atoms with E-state index in [1.807, 2.05) is 0 Å². The van der Waals surface area contributed by atoms with Crippen molar-refractivity contribution < 1.29 is 22.8 Å². The maximum atomic E-state index is 11.8. The number of hydrogen-bond acceptors (Lipinski definition) is 5. The fourth-order valence-electron chi connectivity index (χ4n) is 0.851. The monoisotopic (exact) mass is 225 g/mol. The van der Waals surface area contributed by atoms with E-state index in [2.05, 4.69) is 14.7 Å². The van der Waals surface area contributed by atoms with E-state index >= 15 is 0 Å². The number of aromatic nitrogens is 2. The van der Waals surface area contributed by atoms with Gasteiger partial charge in [0.1, 0.15) is 6.04 Å². The van der Waals surface area contributed by atoms with E-state index in [4.69, 9.17) is 10.8 Å². The second-order valence-corrected chi connectivity index (χ2v) is 2.95. The van der Waals surface area contributed by atoms with Crippen LogP contribution in [0.5, 0.6) is 0 Å². The van der Waals surface area contributed by atoms with E-state index in [1.165, 1.54) is 0 Å². The summed E-state index contributed by atoms with van der Waals surface area (Å²) >= 11 is 0. The molecular weight excluding hydrogens is 215 g/mol. The molecule has 0 bridgehead atoms. The topological polar surface area (TPSA) is 85.2 Å². The average Bonchev–Trinajstić information content (AvgIpc) is 2.61. The lowest BCUT2D eigenvalue weighted by atomic mass is 10.3. The van der Waals surface area contributed by atoms with Gasteiger partial charge in [-0.15, -0.1) is 0 Å². The van der Waals surface area contributed by atoms with Gasteiger partial charge in [0.25, 0.3) is 0 Å². The molecule has 1 atom stereocenters. The Morgan fingerprint density at radius 3 is 2.67 bits per heavy atom. The Bertz CT molecular complexity index is 313. The second-order valence-electron chi connectivity index (χ2n) is 2.95. The fraction of sp³-hybridized carbons (Fsp3) is 0.714. The van der Waals surface area contributed by atoms with E-state index in [-0.39, 0.29) is 18.1 Å². The lowest BCUT2D eigenvalue weighted by molar-refractivity contribution is -0.134. The number of rotatable bonds is 4. The predicted molar refractivity (Wildman–Crippen MR) is 42.7 cm³/mol. The number of aliphatic hydroxyl groups excluding tert-OH is 1. The zero-order valence-electron chi connectivity index (χ0n) is 7.66. The van der Waals surface area contributed by atoms with E-state index in [0.29, 0.717) is 0 Å². The SMILES string of the molecule is NC(CO)c1nc(CCC(F)(F)F)no1. The zero-order chi connectivity index (χ0) is 11.5. The minimum atomic E-state index is -4.25. The molecule has 1 aromatic heterocycles. The summed E-state index contributed by atoms with van der Waals surface area (Å²) in [7, 11) is 0. The van der Waals surface area contributed by atoms with Crippen LogP contribution < -0.4 is 5.73 Å². The molecule has 1 heterocycles. The maximum Gasteiger partial charge on any atom is 0.389 e. The molecule has 0 fully saturated rings. The first-order valence-corrected chi connectivity index (χ1v) is 4.18. The summed E-state index contributed by atoms with van der Waals surface area (Å²) in [5, 5.41) is 11.9. The van der Waals surface area contributed by atoms with Crippen molar-refractivity contribution in [3.8, 4) is 0 Å². The van der Waals surface area contributed by atoms with Gasteiger partial charge >= 0.3 is 6.18 Å². The van der Waals surface area contributed by atoms with Gasteiger partial charge in [-0.3, -0.25) is 0 Å². The van der Waals surface area contributed by atoms with Gasteiger partial charge in [-0.2, -0.15) is 18.2 Å². The van der Waals surface area contributed by atoms with Crippen LogP contribution in [0.1, 0.15) is 24.2 Å². The van der Waals surface area contributed by atoms with Crippen LogP contribution in [0.2, 0.25) is 0 Å². The van der Waals surface area contributed by atoms with Crippen molar-refractivity contribution >= 4 is 0 Å². The highest BCUT2D eigenvalue weighted by Gasteiger charge is 2.27. The summed E-state index contributed by atoms with van der Waals surface area (Å²) in [6.45, 7) is -0.402. The van der Waals surface area contributed by atoms with Crippen molar-refractivity contribution in [3.05, 3.63) is 11.7 Å². The first-order chi connectivity index (χ1) is 6.92. The molecular formula is C7H10F3N3O2. The highest BCUT2D eigenvalue weighted by atomic mass is 19.4. The molecule has 0 spiro atoms. The van der Waals surface area contributed by atoms with Crippen LogP contribution in [0.15, 0.2) is 4.52 Å². The largest absolute Gasteiger partial charge is 0.394 e. The van der Waals surface area contributed by atoms with Gasteiger partial charge in [-0.25, -0.2) is 0 Å². The minimum absolute atomic E-state index is 0.0605. The van der Waals surface area contributed by atoms with Crippen LogP contribution in [0.4, 0.5) is 13.2 Å². The molecule has 0 aliphatic rings. The predicted octanol–water partition coefficient (Wildman–Crippen LogP) is 0.557. The summed E-state index contributed by atoms with van der Waals surface area (Å²) < 4.78 is 40.0. The van der Waals surface area contributed by atoms with Crippen molar-refractivity contribution in [1.29, 1.82) is 0 Å². The van der Waals surface area contributed by atoms with Gasteiger partial charge in [-0.1, -0.05) is 5.16 Å². The van der Waals surface area contributed by atoms with E-state index in [9.17, 15) is 13.2 Å². The van der Waals surface area contributed by atoms with Crippen molar-refractivity contribution in [2.75, 3.05) is 6.61 Å². The van der Waals surface area contributed by atoms with Crippen molar-refractivity contribution in [2.45, 2.75) is 25.1 Å². The fourth-order valence-corrected chi connectivity index (χ4v) is 0.851. The van der Waals surface area contributed by atoms with E-state index < -0.39 is 25.2 Å². The molecule has 0 saturated heterocycles. The third kappa shape index (κ3) is 3.84. The lowest BCUT2D eigenvalue weighted by Gasteiger charge is -2.02. The summed E-state index contributed by atoms with van der Waals surface area (Å²) in [6, 6.07) is -0.850. The molecule has 1 rings (SSSR count). The normalized spacial score (nSPS) is 14.2. The molecule has 0 aliphatic carbocycles. The number of aliphatic hydroxyl groups is 1. The quantitative estimate of drug-likeness (QED) is 0.781. The smallest absolute Gasteiger partial charge is 0.389 e. The van der Waals surface area contributed by atoms with Gasteiger partial charge in [-0.05, 0) is 0 Å². The van der Waals surface area contributed by atoms with Crippen molar-refractivity contribution in [3.63, 3.8) is 0 Å². The van der Waals surface area contributed by atoms with Crippen LogP contribution in [-0.2, 0) is 6.42 Å². The molecule has 1 unspecified atom stereocenters. The lowest BCUT2D eigenvalue weighted by Crippen LogP contribution is -2.15. The number of halogens is 3. The first kappa shape index (κ1) is 11.9. The highest BCUT2D eigenvalue weighted by Crippen LogP contribution is 2.21. The number of nitrogens with zero attached hydrogens (tertiary/aromatic N) is 2. The Kier molecular flexibility index (Phi) is 3.64. The Morgan fingerprint density at radius 2 is 2.13 bits per heavy atom. The van der Waals surface area contributed by atoms with Crippen LogP contribution in [0.3, 0.4) is 0 Å². The Labute approximate surface area is 83.1 Å². The average molecular weight is 225 g/mol. The summed E-state index contributed by atoms with van der Waals surface area (Å²) in [6.07, 6.45) is -5.62. The Morgan fingerprint density at radius 1 is 1.47 bits per heavy atom. The van der Waals surface area contributed by atoms with E-state index in [1.54, 1.807) is 0 Å².